The highest BCUT2D eigenvalue weighted by molar-refractivity contribution is 5.64. The molecule has 0 radical (unpaired) electrons. The van der Waals surface area contributed by atoms with Gasteiger partial charge in [-0.15, -0.1) is 0 Å². The van der Waals surface area contributed by atoms with Crippen LogP contribution in [0.2, 0.25) is 0 Å². The zero-order valence-corrected chi connectivity index (χ0v) is 12.9. The molecule has 5 heteroatoms. The third-order valence-electron chi connectivity index (χ3n) is 4.26. The molecular weight excluding hydrogens is 252 g/mol. The third kappa shape index (κ3) is 3.26. The highest BCUT2D eigenvalue weighted by atomic mass is 16.3. The molecule has 2 atom stereocenters. The minimum atomic E-state index is -0.612. The number of hydrogen-bond donors (Lipinski definition) is 3. The highest BCUT2D eigenvalue weighted by Crippen LogP contribution is 2.33. The lowest BCUT2D eigenvalue weighted by molar-refractivity contribution is -0.000873. The first-order chi connectivity index (χ1) is 9.45. The molecule has 5 nitrogen and oxygen atoms in total. The van der Waals surface area contributed by atoms with Gasteiger partial charge in [0.15, 0.2) is 0 Å². The van der Waals surface area contributed by atoms with Crippen LogP contribution in [-0.4, -0.2) is 27.0 Å². The van der Waals surface area contributed by atoms with E-state index in [0.717, 1.165) is 43.7 Å². The molecule has 20 heavy (non-hydrogen) atoms. The first-order valence-corrected chi connectivity index (χ1v) is 7.74. The van der Waals surface area contributed by atoms with E-state index in [9.17, 15) is 5.11 Å². The smallest absolute Gasteiger partial charge is 0.148 e. The van der Waals surface area contributed by atoms with Crippen LogP contribution in [0.5, 0.6) is 0 Å². The van der Waals surface area contributed by atoms with Crippen molar-refractivity contribution >= 4 is 11.5 Å². The van der Waals surface area contributed by atoms with Crippen molar-refractivity contribution in [3.05, 3.63) is 5.69 Å². The SMILES string of the molecule is CCCn1nc(C)c(N)c1NCC1(O)CCCC(C)C1. The maximum Gasteiger partial charge on any atom is 0.148 e. The predicted octanol–water partition coefficient (Wildman–Crippen LogP) is 2.54. The van der Waals surface area contributed by atoms with Crippen molar-refractivity contribution in [2.75, 3.05) is 17.6 Å². The van der Waals surface area contributed by atoms with Crippen LogP contribution in [0.1, 0.15) is 51.6 Å². The van der Waals surface area contributed by atoms with Crippen LogP contribution >= 0.6 is 0 Å². The van der Waals surface area contributed by atoms with Gasteiger partial charge in [-0.1, -0.05) is 26.7 Å². The molecule has 1 aliphatic rings. The predicted molar refractivity (Wildman–Crippen MR) is 82.7 cm³/mol. The van der Waals surface area contributed by atoms with Crippen molar-refractivity contribution in [2.45, 2.75) is 65.0 Å². The molecule has 1 aromatic heterocycles. The number of nitrogens with zero attached hydrogens (tertiary/aromatic N) is 2. The average molecular weight is 280 g/mol. The Morgan fingerprint density at radius 3 is 2.95 bits per heavy atom. The van der Waals surface area contributed by atoms with Crippen LogP contribution < -0.4 is 11.1 Å². The Morgan fingerprint density at radius 2 is 2.30 bits per heavy atom. The molecule has 1 saturated carbocycles. The van der Waals surface area contributed by atoms with Crippen molar-refractivity contribution in [1.29, 1.82) is 0 Å². The summed E-state index contributed by atoms with van der Waals surface area (Å²) in [5, 5.41) is 18.5. The lowest BCUT2D eigenvalue weighted by Gasteiger charge is -2.35. The zero-order valence-electron chi connectivity index (χ0n) is 12.9. The van der Waals surface area contributed by atoms with E-state index < -0.39 is 5.60 Å². The van der Waals surface area contributed by atoms with E-state index in [1.807, 2.05) is 11.6 Å². The van der Waals surface area contributed by atoms with Gasteiger partial charge in [-0.3, -0.25) is 0 Å². The number of nitrogens with one attached hydrogen (secondary N) is 1. The van der Waals surface area contributed by atoms with Crippen LogP contribution in [0.15, 0.2) is 0 Å². The van der Waals surface area contributed by atoms with Crippen molar-refractivity contribution in [1.82, 2.24) is 9.78 Å². The number of anilines is 2. The first-order valence-electron chi connectivity index (χ1n) is 7.74. The highest BCUT2D eigenvalue weighted by Gasteiger charge is 2.32. The molecule has 0 bridgehead atoms. The second kappa shape index (κ2) is 6.04. The van der Waals surface area contributed by atoms with Crippen molar-refractivity contribution < 1.29 is 5.11 Å². The molecule has 4 N–H and O–H groups in total. The number of aromatic nitrogens is 2. The Kier molecular flexibility index (Phi) is 4.58. The van der Waals surface area contributed by atoms with Crippen LogP contribution in [0.3, 0.4) is 0 Å². The Hall–Kier alpha value is -1.23. The van der Waals surface area contributed by atoms with Crippen LogP contribution in [0, 0.1) is 12.8 Å². The molecule has 0 spiro atoms. The van der Waals surface area contributed by atoms with Gasteiger partial charge in [0, 0.05) is 13.1 Å². The van der Waals surface area contributed by atoms with Gasteiger partial charge in [-0.2, -0.15) is 5.10 Å². The molecule has 2 rings (SSSR count). The van der Waals surface area contributed by atoms with E-state index in [1.54, 1.807) is 0 Å². The summed E-state index contributed by atoms with van der Waals surface area (Å²) in [5.41, 5.74) is 7.03. The quantitative estimate of drug-likeness (QED) is 0.774. The van der Waals surface area contributed by atoms with Gasteiger partial charge in [0.25, 0.3) is 0 Å². The van der Waals surface area contributed by atoms with E-state index in [1.165, 1.54) is 6.42 Å². The van der Waals surface area contributed by atoms with Crippen LogP contribution in [-0.2, 0) is 6.54 Å². The lowest BCUT2D eigenvalue weighted by Crippen LogP contribution is -2.41. The third-order valence-corrected chi connectivity index (χ3v) is 4.26. The summed E-state index contributed by atoms with van der Waals surface area (Å²) < 4.78 is 1.92. The maximum atomic E-state index is 10.7. The fourth-order valence-electron chi connectivity index (χ4n) is 3.20. The molecular formula is C15H28N4O. The van der Waals surface area contributed by atoms with Crippen molar-refractivity contribution in [3.8, 4) is 0 Å². The molecule has 1 aromatic rings. The molecule has 0 saturated heterocycles. The van der Waals surface area contributed by atoms with Gasteiger partial charge < -0.3 is 16.2 Å². The second-order valence-corrected chi connectivity index (χ2v) is 6.35. The topological polar surface area (TPSA) is 76.1 Å². The van der Waals surface area contributed by atoms with Gasteiger partial charge in [-0.05, 0) is 32.1 Å². The van der Waals surface area contributed by atoms with Crippen LogP contribution in [0.25, 0.3) is 0 Å². The van der Waals surface area contributed by atoms with Gasteiger partial charge in [0.05, 0.1) is 17.0 Å². The monoisotopic (exact) mass is 280 g/mol. The molecule has 1 heterocycles. The van der Waals surface area contributed by atoms with E-state index in [-0.39, 0.29) is 0 Å². The summed E-state index contributed by atoms with van der Waals surface area (Å²) in [4.78, 5) is 0. The molecule has 2 unspecified atom stereocenters. The van der Waals surface area contributed by atoms with E-state index in [4.69, 9.17) is 5.73 Å². The van der Waals surface area contributed by atoms with Gasteiger partial charge in [0.2, 0.25) is 0 Å². The Balaban J connectivity index is 2.06. The summed E-state index contributed by atoms with van der Waals surface area (Å²) in [5.74, 6) is 1.45. The molecule has 1 fully saturated rings. The Labute approximate surface area is 121 Å². The second-order valence-electron chi connectivity index (χ2n) is 6.35. The van der Waals surface area contributed by atoms with Crippen LogP contribution in [0.4, 0.5) is 11.5 Å². The van der Waals surface area contributed by atoms with E-state index >= 15 is 0 Å². The molecule has 114 valence electrons. The fraction of sp³-hybridized carbons (Fsp3) is 0.800. The summed E-state index contributed by atoms with van der Waals surface area (Å²) in [7, 11) is 0. The summed E-state index contributed by atoms with van der Waals surface area (Å²) in [6.07, 6.45) is 5.06. The number of nitrogen functional groups attached to an aromatic ring is 1. The largest absolute Gasteiger partial charge is 0.394 e. The summed E-state index contributed by atoms with van der Waals surface area (Å²) in [6, 6.07) is 0. The molecule has 0 aliphatic heterocycles. The van der Waals surface area contributed by atoms with E-state index in [2.05, 4.69) is 24.3 Å². The Morgan fingerprint density at radius 1 is 1.55 bits per heavy atom. The number of rotatable bonds is 5. The van der Waals surface area contributed by atoms with Crippen molar-refractivity contribution in [2.24, 2.45) is 5.92 Å². The number of aryl methyl sites for hydroxylation is 2. The molecule has 0 amide bonds. The normalized spacial score (nSPS) is 26.7. The van der Waals surface area contributed by atoms with Crippen molar-refractivity contribution in [3.63, 3.8) is 0 Å². The van der Waals surface area contributed by atoms with E-state index in [0.29, 0.717) is 18.2 Å². The fourth-order valence-corrected chi connectivity index (χ4v) is 3.20. The minimum absolute atomic E-state index is 0.552. The summed E-state index contributed by atoms with van der Waals surface area (Å²) in [6.45, 7) is 7.65. The molecule has 0 aromatic carbocycles. The number of nitrogens with two attached hydrogens (primary N) is 1. The van der Waals surface area contributed by atoms with Gasteiger partial charge >= 0.3 is 0 Å². The number of aliphatic hydroxyl groups is 1. The lowest BCUT2D eigenvalue weighted by atomic mass is 9.79. The Bertz CT molecular complexity index is 457. The molecule has 1 aliphatic carbocycles. The standard InChI is InChI=1S/C15H28N4O/c1-4-8-19-14(13(16)12(3)18-19)17-10-15(20)7-5-6-11(2)9-15/h11,17,20H,4-10,16H2,1-3H3. The first kappa shape index (κ1) is 15.2. The minimum Gasteiger partial charge on any atom is -0.394 e. The number of hydrogen-bond acceptors (Lipinski definition) is 4. The van der Waals surface area contributed by atoms with Gasteiger partial charge in [0.1, 0.15) is 5.82 Å². The zero-order chi connectivity index (χ0) is 14.8. The maximum absolute atomic E-state index is 10.7. The van der Waals surface area contributed by atoms with Gasteiger partial charge in [-0.25, -0.2) is 4.68 Å². The average Bonchev–Trinajstić information content (AvgIpc) is 2.63. The summed E-state index contributed by atoms with van der Waals surface area (Å²) >= 11 is 0.